The third-order valence-electron chi connectivity index (χ3n) is 6.26. The Morgan fingerprint density at radius 3 is 2.55 bits per heavy atom. The quantitative estimate of drug-likeness (QED) is 0.324. The second kappa shape index (κ2) is 9.54. The van der Waals surface area contributed by atoms with Gasteiger partial charge in [0.2, 0.25) is 0 Å². The van der Waals surface area contributed by atoms with Crippen LogP contribution < -0.4 is 0 Å². The van der Waals surface area contributed by atoms with Gasteiger partial charge in [-0.15, -0.1) is 0 Å². The van der Waals surface area contributed by atoms with Crippen molar-refractivity contribution in [3.63, 3.8) is 0 Å². The number of carbonyl (C=O) groups excluding carboxylic acids is 2. The van der Waals surface area contributed by atoms with Crippen molar-refractivity contribution in [1.82, 2.24) is 24.2 Å². The molecule has 0 radical (unpaired) electrons. The lowest BCUT2D eigenvalue weighted by Gasteiger charge is -2.26. The van der Waals surface area contributed by atoms with E-state index in [0.29, 0.717) is 23.6 Å². The molecular weight excluding hydrogens is 418 g/mol. The zero-order chi connectivity index (χ0) is 23.5. The highest BCUT2D eigenvalue weighted by Gasteiger charge is 2.46. The van der Waals surface area contributed by atoms with Crippen LogP contribution in [-0.4, -0.2) is 67.1 Å². The Labute approximate surface area is 193 Å². The minimum atomic E-state index is -0.682. The molecule has 1 aliphatic rings. The Hall–Kier alpha value is -3.52. The predicted molar refractivity (Wildman–Crippen MR) is 126 cm³/mol. The van der Waals surface area contributed by atoms with Crippen LogP contribution >= 0.6 is 0 Å². The molecule has 0 saturated carbocycles. The van der Waals surface area contributed by atoms with Gasteiger partial charge in [-0.25, -0.2) is 4.98 Å². The maximum atomic E-state index is 13.2. The summed E-state index contributed by atoms with van der Waals surface area (Å²) in [6.45, 7) is 9.08. The topological polar surface area (TPSA) is 91.0 Å². The van der Waals surface area contributed by atoms with Crippen LogP contribution in [0.15, 0.2) is 54.5 Å². The molecule has 1 amide bonds. The van der Waals surface area contributed by atoms with Gasteiger partial charge in [-0.05, 0) is 62.8 Å². The molecule has 1 aliphatic heterocycles. The number of carbonyl (C=O) groups is 2. The lowest BCUT2D eigenvalue weighted by atomic mass is 9.97. The number of hydrogen-bond donors (Lipinski definition) is 1. The van der Waals surface area contributed by atoms with Crippen LogP contribution in [0.25, 0.3) is 11.4 Å². The number of ketones is 1. The molecule has 3 aromatic heterocycles. The molecule has 1 N–H and O–H groups in total. The van der Waals surface area contributed by atoms with Gasteiger partial charge >= 0.3 is 0 Å². The van der Waals surface area contributed by atoms with E-state index in [-0.39, 0.29) is 11.3 Å². The number of aliphatic hydroxyl groups excluding tert-OH is 1. The van der Waals surface area contributed by atoms with Crippen LogP contribution in [0.4, 0.5) is 0 Å². The molecule has 1 atom stereocenters. The van der Waals surface area contributed by atoms with Crippen LogP contribution in [0.2, 0.25) is 0 Å². The van der Waals surface area contributed by atoms with Crippen molar-refractivity contribution >= 4 is 23.1 Å². The van der Waals surface area contributed by atoms with E-state index in [4.69, 9.17) is 0 Å². The Kier molecular flexibility index (Phi) is 6.55. The van der Waals surface area contributed by atoms with Crippen LogP contribution in [0, 0.1) is 6.92 Å². The van der Waals surface area contributed by atoms with Crippen LogP contribution in [0.3, 0.4) is 0 Å². The molecular formula is C25H29N5O3. The van der Waals surface area contributed by atoms with Crippen molar-refractivity contribution in [2.24, 2.45) is 0 Å². The highest BCUT2D eigenvalue weighted by Crippen LogP contribution is 2.39. The number of aliphatic hydroxyl groups is 1. The van der Waals surface area contributed by atoms with Gasteiger partial charge in [0.1, 0.15) is 11.3 Å². The Bertz CT molecular complexity index is 1200. The first-order chi connectivity index (χ1) is 16.0. The molecule has 1 saturated heterocycles. The van der Waals surface area contributed by atoms with E-state index >= 15 is 0 Å². The fourth-order valence-corrected chi connectivity index (χ4v) is 4.53. The molecule has 0 aliphatic carbocycles. The molecule has 4 heterocycles. The van der Waals surface area contributed by atoms with Gasteiger partial charge < -0.3 is 14.9 Å². The van der Waals surface area contributed by atoms with E-state index in [0.717, 1.165) is 31.6 Å². The van der Waals surface area contributed by atoms with Crippen LogP contribution in [-0.2, 0) is 9.59 Å². The Balaban J connectivity index is 1.80. The van der Waals surface area contributed by atoms with E-state index in [2.05, 4.69) is 28.7 Å². The number of Topliss-reactive ketones (excluding diaryl/α,β-unsaturated/α-hetero) is 1. The summed E-state index contributed by atoms with van der Waals surface area (Å²) in [5.41, 5.74) is 2.49. The lowest BCUT2D eigenvalue weighted by Crippen LogP contribution is -2.33. The molecule has 8 nitrogen and oxygen atoms in total. The summed E-state index contributed by atoms with van der Waals surface area (Å²) >= 11 is 0. The molecule has 3 aromatic rings. The van der Waals surface area contributed by atoms with Crippen molar-refractivity contribution in [3.05, 3.63) is 71.4 Å². The molecule has 8 heteroatoms. The summed E-state index contributed by atoms with van der Waals surface area (Å²) in [5, 5.41) is 11.4. The number of likely N-dealkylation sites (tertiary alicyclic amines) is 1. The molecule has 0 unspecified atom stereocenters. The number of fused-ring (bicyclic) bond motifs is 1. The summed E-state index contributed by atoms with van der Waals surface area (Å²) in [6, 6.07) is 8.40. The number of hydrogen-bond acceptors (Lipinski definition) is 6. The monoisotopic (exact) mass is 447 g/mol. The third-order valence-corrected chi connectivity index (χ3v) is 6.26. The highest BCUT2D eigenvalue weighted by atomic mass is 16.3. The van der Waals surface area contributed by atoms with E-state index in [1.54, 1.807) is 46.9 Å². The summed E-state index contributed by atoms with van der Waals surface area (Å²) < 4.78 is 1.74. The SMILES string of the molecule is CCN(CC)CCCN1C(=O)C(=O)C(=C(O)c2c(C)nc3ccccn23)[C@H]1c1ccncc1. The molecule has 33 heavy (non-hydrogen) atoms. The minimum Gasteiger partial charge on any atom is -0.505 e. The number of nitrogens with zero attached hydrogens (tertiary/aromatic N) is 5. The van der Waals surface area contributed by atoms with E-state index in [1.807, 2.05) is 18.2 Å². The van der Waals surface area contributed by atoms with Crippen molar-refractivity contribution in [1.29, 1.82) is 0 Å². The Morgan fingerprint density at radius 1 is 1.12 bits per heavy atom. The predicted octanol–water partition coefficient (Wildman–Crippen LogP) is 3.19. The molecule has 4 rings (SSSR count). The summed E-state index contributed by atoms with van der Waals surface area (Å²) in [6.07, 6.45) is 5.77. The summed E-state index contributed by atoms with van der Waals surface area (Å²) in [7, 11) is 0. The minimum absolute atomic E-state index is 0.0859. The van der Waals surface area contributed by atoms with Gasteiger partial charge in [0.25, 0.3) is 11.7 Å². The second-order valence-corrected chi connectivity index (χ2v) is 8.13. The van der Waals surface area contributed by atoms with E-state index in [1.165, 1.54) is 0 Å². The first kappa shape index (κ1) is 22.7. The average molecular weight is 448 g/mol. The van der Waals surface area contributed by atoms with Crippen LogP contribution in [0.1, 0.15) is 43.3 Å². The molecule has 1 fully saturated rings. The number of aromatic nitrogens is 3. The van der Waals surface area contributed by atoms with Gasteiger partial charge in [0, 0.05) is 25.1 Å². The van der Waals surface area contributed by atoms with Crippen molar-refractivity contribution in [2.75, 3.05) is 26.2 Å². The number of amides is 1. The molecule has 172 valence electrons. The largest absolute Gasteiger partial charge is 0.505 e. The lowest BCUT2D eigenvalue weighted by molar-refractivity contribution is -0.140. The average Bonchev–Trinajstić information content (AvgIpc) is 3.30. The zero-order valence-electron chi connectivity index (χ0n) is 19.2. The third kappa shape index (κ3) is 4.14. The van der Waals surface area contributed by atoms with Gasteiger partial charge in [-0.2, -0.15) is 0 Å². The van der Waals surface area contributed by atoms with Gasteiger partial charge in [-0.3, -0.25) is 19.0 Å². The molecule has 0 spiro atoms. The highest BCUT2D eigenvalue weighted by molar-refractivity contribution is 6.46. The summed E-state index contributed by atoms with van der Waals surface area (Å²) in [4.78, 5) is 38.8. The smallest absolute Gasteiger partial charge is 0.295 e. The van der Waals surface area contributed by atoms with Gasteiger partial charge in [0.15, 0.2) is 5.76 Å². The van der Waals surface area contributed by atoms with E-state index < -0.39 is 17.7 Å². The van der Waals surface area contributed by atoms with Crippen molar-refractivity contribution in [2.45, 2.75) is 33.2 Å². The van der Waals surface area contributed by atoms with E-state index in [9.17, 15) is 14.7 Å². The standard InChI is InChI=1S/C25H29N5O3/c1-4-28(5-2)14-8-16-30-22(18-10-12-26-13-11-18)20(24(32)25(30)33)23(31)21-17(3)27-19-9-6-7-15-29(19)21/h6-7,9-13,15,22,31H,4-5,8,14,16H2,1-3H3/t22-/m1/s1. The van der Waals surface area contributed by atoms with Gasteiger partial charge in [0.05, 0.1) is 17.3 Å². The number of imidazole rings is 1. The van der Waals surface area contributed by atoms with Gasteiger partial charge in [-0.1, -0.05) is 19.9 Å². The fraction of sp³-hybridized carbons (Fsp3) is 0.360. The molecule has 0 bridgehead atoms. The van der Waals surface area contributed by atoms with Crippen LogP contribution in [0.5, 0.6) is 0 Å². The second-order valence-electron chi connectivity index (χ2n) is 8.13. The maximum absolute atomic E-state index is 13.2. The summed E-state index contributed by atoms with van der Waals surface area (Å²) in [5.74, 6) is -1.48. The zero-order valence-corrected chi connectivity index (χ0v) is 19.2. The first-order valence-corrected chi connectivity index (χ1v) is 11.3. The number of rotatable bonds is 8. The Morgan fingerprint density at radius 2 is 1.85 bits per heavy atom. The van der Waals surface area contributed by atoms with Crippen molar-refractivity contribution in [3.8, 4) is 0 Å². The maximum Gasteiger partial charge on any atom is 0.295 e. The normalized spacial score (nSPS) is 18.1. The first-order valence-electron chi connectivity index (χ1n) is 11.3. The fourth-order valence-electron chi connectivity index (χ4n) is 4.53. The number of aryl methyl sites for hydroxylation is 1. The van der Waals surface area contributed by atoms with Crippen molar-refractivity contribution < 1.29 is 14.7 Å². The number of pyridine rings is 2. The molecule has 0 aromatic carbocycles.